The van der Waals surface area contributed by atoms with Gasteiger partial charge in [0.2, 0.25) is 5.91 Å². The Bertz CT molecular complexity index is 335. The molecule has 0 aliphatic heterocycles. The van der Waals surface area contributed by atoms with Crippen LogP contribution in [0.3, 0.4) is 0 Å². The summed E-state index contributed by atoms with van der Waals surface area (Å²) in [7, 11) is 0. The molecule has 1 rings (SSSR count). The van der Waals surface area contributed by atoms with Crippen LogP contribution in [0, 0.1) is 11.8 Å². The second kappa shape index (κ2) is 7.87. The SMILES string of the molecule is CC(C)CC(CN)C(=O)NCCCc1ncc[nH]1. The maximum atomic E-state index is 11.9. The first-order valence-electron chi connectivity index (χ1n) is 6.59. The van der Waals surface area contributed by atoms with E-state index in [4.69, 9.17) is 5.73 Å². The second-order valence-electron chi connectivity index (χ2n) is 4.99. The van der Waals surface area contributed by atoms with Crippen LogP contribution in [0.1, 0.15) is 32.5 Å². The second-order valence-corrected chi connectivity index (χ2v) is 4.99. The van der Waals surface area contributed by atoms with Gasteiger partial charge in [-0.1, -0.05) is 13.8 Å². The lowest BCUT2D eigenvalue weighted by molar-refractivity contribution is -0.125. The number of H-pyrrole nitrogens is 1. The fraction of sp³-hybridized carbons (Fsp3) is 0.692. The number of nitrogens with one attached hydrogen (secondary N) is 2. The third-order valence-electron chi connectivity index (χ3n) is 2.86. The van der Waals surface area contributed by atoms with Gasteiger partial charge in [0.1, 0.15) is 5.82 Å². The first-order valence-corrected chi connectivity index (χ1v) is 6.59. The quantitative estimate of drug-likeness (QED) is 0.605. The predicted molar refractivity (Wildman–Crippen MR) is 71.9 cm³/mol. The lowest BCUT2D eigenvalue weighted by Gasteiger charge is -2.16. The van der Waals surface area contributed by atoms with E-state index in [1.54, 1.807) is 12.4 Å². The van der Waals surface area contributed by atoms with Crippen LogP contribution < -0.4 is 11.1 Å². The molecule has 1 heterocycles. The molecule has 1 amide bonds. The molecule has 0 saturated heterocycles. The Morgan fingerprint density at radius 3 is 2.89 bits per heavy atom. The highest BCUT2D eigenvalue weighted by molar-refractivity contribution is 5.78. The molecule has 0 bridgehead atoms. The summed E-state index contributed by atoms with van der Waals surface area (Å²) in [5.41, 5.74) is 5.63. The van der Waals surface area contributed by atoms with Gasteiger partial charge < -0.3 is 16.0 Å². The number of hydrogen-bond acceptors (Lipinski definition) is 3. The van der Waals surface area contributed by atoms with E-state index in [0.29, 0.717) is 19.0 Å². The molecular formula is C13H24N4O. The molecule has 0 spiro atoms. The Morgan fingerprint density at radius 1 is 1.56 bits per heavy atom. The summed E-state index contributed by atoms with van der Waals surface area (Å²) in [6.45, 7) is 5.30. The van der Waals surface area contributed by atoms with Crippen molar-refractivity contribution < 1.29 is 4.79 Å². The molecule has 0 fully saturated rings. The minimum Gasteiger partial charge on any atom is -0.356 e. The van der Waals surface area contributed by atoms with Gasteiger partial charge in [-0.15, -0.1) is 0 Å². The molecule has 0 aromatic carbocycles. The predicted octanol–water partition coefficient (Wildman–Crippen LogP) is 1.08. The van der Waals surface area contributed by atoms with Crippen molar-refractivity contribution >= 4 is 5.91 Å². The van der Waals surface area contributed by atoms with Gasteiger partial charge in [-0.25, -0.2) is 4.98 Å². The molecule has 1 aromatic heterocycles. The van der Waals surface area contributed by atoms with E-state index in [1.165, 1.54) is 0 Å². The lowest BCUT2D eigenvalue weighted by Crippen LogP contribution is -2.36. The molecule has 102 valence electrons. The van der Waals surface area contributed by atoms with Crippen LogP contribution in [0.4, 0.5) is 0 Å². The largest absolute Gasteiger partial charge is 0.356 e. The normalized spacial score (nSPS) is 12.7. The Labute approximate surface area is 109 Å². The number of rotatable bonds is 8. The summed E-state index contributed by atoms with van der Waals surface area (Å²) in [5.74, 6) is 1.47. The number of nitrogens with zero attached hydrogens (tertiary/aromatic N) is 1. The maximum absolute atomic E-state index is 11.9. The van der Waals surface area contributed by atoms with Gasteiger partial charge in [0, 0.05) is 31.9 Å². The number of imidazole rings is 1. The van der Waals surface area contributed by atoms with E-state index < -0.39 is 0 Å². The minimum absolute atomic E-state index is 0.0615. The number of carbonyl (C=O) groups is 1. The molecule has 5 nitrogen and oxygen atoms in total. The van der Waals surface area contributed by atoms with Crippen molar-refractivity contribution in [3.05, 3.63) is 18.2 Å². The molecule has 4 N–H and O–H groups in total. The Balaban J connectivity index is 2.19. The van der Waals surface area contributed by atoms with Gasteiger partial charge in [-0.05, 0) is 18.8 Å². The summed E-state index contributed by atoms with van der Waals surface area (Å²) in [5, 5.41) is 2.94. The van der Waals surface area contributed by atoms with Gasteiger partial charge in [-0.3, -0.25) is 4.79 Å². The van der Waals surface area contributed by atoms with Crippen LogP contribution in [-0.2, 0) is 11.2 Å². The molecule has 0 radical (unpaired) electrons. The van der Waals surface area contributed by atoms with Crippen LogP contribution in [0.2, 0.25) is 0 Å². The molecule has 0 saturated carbocycles. The number of carbonyl (C=O) groups excluding carboxylic acids is 1. The standard InChI is InChI=1S/C13H24N4O/c1-10(2)8-11(9-14)13(18)17-5-3-4-12-15-6-7-16-12/h6-7,10-11H,3-5,8-9,14H2,1-2H3,(H,15,16)(H,17,18). The van der Waals surface area contributed by atoms with Crippen LogP contribution in [0.15, 0.2) is 12.4 Å². The molecule has 1 atom stereocenters. The molecule has 18 heavy (non-hydrogen) atoms. The molecular weight excluding hydrogens is 228 g/mol. The summed E-state index contributed by atoms with van der Waals surface area (Å²) in [4.78, 5) is 19.0. The Kier molecular flexibility index (Phi) is 6.43. The molecule has 5 heteroatoms. The fourth-order valence-corrected chi connectivity index (χ4v) is 1.93. The van der Waals surface area contributed by atoms with Crippen molar-refractivity contribution in [2.45, 2.75) is 33.1 Å². The third kappa shape index (κ3) is 5.31. The van der Waals surface area contributed by atoms with E-state index in [2.05, 4.69) is 29.1 Å². The van der Waals surface area contributed by atoms with Gasteiger partial charge in [0.25, 0.3) is 0 Å². The topological polar surface area (TPSA) is 83.8 Å². The number of aromatic amines is 1. The number of aromatic nitrogens is 2. The minimum atomic E-state index is -0.0615. The van der Waals surface area contributed by atoms with Crippen molar-refractivity contribution in [1.82, 2.24) is 15.3 Å². The van der Waals surface area contributed by atoms with E-state index in [-0.39, 0.29) is 11.8 Å². The summed E-state index contributed by atoms with van der Waals surface area (Å²) in [6.07, 6.45) is 6.13. The van der Waals surface area contributed by atoms with E-state index >= 15 is 0 Å². The first-order chi connectivity index (χ1) is 8.63. The zero-order chi connectivity index (χ0) is 13.4. The summed E-state index contributed by atoms with van der Waals surface area (Å²) in [6, 6.07) is 0. The summed E-state index contributed by atoms with van der Waals surface area (Å²) >= 11 is 0. The maximum Gasteiger partial charge on any atom is 0.224 e. The number of hydrogen-bond donors (Lipinski definition) is 3. The average Bonchev–Trinajstić information content (AvgIpc) is 2.84. The number of amides is 1. The van der Waals surface area contributed by atoms with E-state index in [9.17, 15) is 4.79 Å². The van der Waals surface area contributed by atoms with Crippen molar-refractivity contribution in [1.29, 1.82) is 0 Å². The van der Waals surface area contributed by atoms with Crippen LogP contribution in [0.25, 0.3) is 0 Å². The highest BCUT2D eigenvalue weighted by Crippen LogP contribution is 2.10. The van der Waals surface area contributed by atoms with Crippen LogP contribution >= 0.6 is 0 Å². The van der Waals surface area contributed by atoms with Crippen LogP contribution in [-0.4, -0.2) is 29.0 Å². The van der Waals surface area contributed by atoms with Gasteiger partial charge in [-0.2, -0.15) is 0 Å². The van der Waals surface area contributed by atoms with E-state index in [0.717, 1.165) is 25.1 Å². The van der Waals surface area contributed by atoms with Crippen molar-refractivity contribution in [3.63, 3.8) is 0 Å². The van der Waals surface area contributed by atoms with Crippen LogP contribution in [0.5, 0.6) is 0 Å². The van der Waals surface area contributed by atoms with Crippen molar-refractivity contribution in [2.24, 2.45) is 17.6 Å². The first kappa shape index (κ1) is 14.7. The molecule has 1 aromatic rings. The molecule has 0 aliphatic carbocycles. The third-order valence-corrected chi connectivity index (χ3v) is 2.86. The fourth-order valence-electron chi connectivity index (χ4n) is 1.93. The van der Waals surface area contributed by atoms with Gasteiger partial charge >= 0.3 is 0 Å². The van der Waals surface area contributed by atoms with Gasteiger partial charge in [0.15, 0.2) is 0 Å². The zero-order valence-corrected chi connectivity index (χ0v) is 11.3. The summed E-state index contributed by atoms with van der Waals surface area (Å²) < 4.78 is 0. The molecule has 0 aliphatic rings. The lowest BCUT2D eigenvalue weighted by atomic mass is 9.96. The average molecular weight is 252 g/mol. The number of nitrogens with two attached hydrogens (primary N) is 1. The number of aryl methyl sites for hydroxylation is 1. The highest BCUT2D eigenvalue weighted by Gasteiger charge is 2.17. The smallest absolute Gasteiger partial charge is 0.224 e. The van der Waals surface area contributed by atoms with Crippen molar-refractivity contribution in [3.8, 4) is 0 Å². The zero-order valence-electron chi connectivity index (χ0n) is 11.3. The van der Waals surface area contributed by atoms with E-state index in [1.807, 2.05) is 0 Å². The monoisotopic (exact) mass is 252 g/mol. The van der Waals surface area contributed by atoms with Crippen molar-refractivity contribution in [2.75, 3.05) is 13.1 Å². The Morgan fingerprint density at radius 2 is 2.33 bits per heavy atom. The molecule has 1 unspecified atom stereocenters. The van der Waals surface area contributed by atoms with Gasteiger partial charge in [0.05, 0.1) is 5.92 Å². The Hall–Kier alpha value is -1.36. The highest BCUT2D eigenvalue weighted by atomic mass is 16.1.